The highest BCUT2D eigenvalue weighted by molar-refractivity contribution is 6.30. The predicted molar refractivity (Wildman–Crippen MR) is 83.0 cm³/mol. The van der Waals surface area contributed by atoms with E-state index in [9.17, 15) is 26.7 Å². The molecule has 12 heteroatoms. The Morgan fingerprint density at radius 2 is 1.81 bits per heavy atom. The molecular weight excluding hydrogens is 401 g/mol. The second-order valence-corrected chi connectivity index (χ2v) is 5.37. The number of carboxylic acids is 1. The first-order valence-corrected chi connectivity index (χ1v) is 7.19. The van der Waals surface area contributed by atoms with E-state index in [-0.39, 0.29) is 28.2 Å². The number of carboxylic acid groups (broad SMARTS) is 1. The SMILES string of the molecule is N=c1c(C(N)=O)cc(Cl)cn1Cc1cccc(F)c1F.O=C(O)C(F)(F)F. The molecule has 0 atom stereocenters. The Hall–Kier alpha value is -2.95. The molecule has 2 rings (SSSR count). The van der Waals surface area contributed by atoms with Crippen LogP contribution < -0.4 is 11.2 Å². The maximum Gasteiger partial charge on any atom is 0.490 e. The number of primary amides is 1. The molecule has 0 saturated carbocycles. The van der Waals surface area contributed by atoms with Crippen LogP contribution >= 0.6 is 11.6 Å². The molecule has 1 amide bonds. The van der Waals surface area contributed by atoms with Crippen LogP contribution in [0.3, 0.4) is 0 Å². The Bertz CT molecular complexity index is 928. The maximum absolute atomic E-state index is 13.6. The van der Waals surface area contributed by atoms with E-state index < -0.39 is 29.7 Å². The van der Waals surface area contributed by atoms with Crippen molar-refractivity contribution in [3.8, 4) is 0 Å². The van der Waals surface area contributed by atoms with Gasteiger partial charge in [0, 0.05) is 11.8 Å². The van der Waals surface area contributed by atoms with Crippen LogP contribution in [-0.4, -0.2) is 27.7 Å². The number of hydrogen-bond acceptors (Lipinski definition) is 3. The number of alkyl halides is 3. The van der Waals surface area contributed by atoms with Crippen LogP contribution in [-0.2, 0) is 11.3 Å². The fourth-order valence-electron chi connectivity index (χ4n) is 1.78. The van der Waals surface area contributed by atoms with Crippen molar-refractivity contribution in [3.63, 3.8) is 0 Å². The summed E-state index contributed by atoms with van der Waals surface area (Å²) in [5.74, 6) is -5.55. The topological polar surface area (TPSA) is 109 Å². The summed E-state index contributed by atoms with van der Waals surface area (Å²) in [4.78, 5) is 20.1. The van der Waals surface area contributed by atoms with Crippen LogP contribution in [0.5, 0.6) is 0 Å². The van der Waals surface area contributed by atoms with Gasteiger partial charge in [-0.3, -0.25) is 10.2 Å². The van der Waals surface area contributed by atoms with Crippen LogP contribution in [0.4, 0.5) is 22.0 Å². The Morgan fingerprint density at radius 3 is 2.30 bits per heavy atom. The van der Waals surface area contributed by atoms with Gasteiger partial charge in [-0.2, -0.15) is 13.2 Å². The van der Waals surface area contributed by atoms with Crippen molar-refractivity contribution < 1.29 is 36.6 Å². The van der Waals surface area contributed by atoms with Crippen LogP contribution in [0.1, 0.15) is 15.9 Å². The van der Waals surface area contributed by atoms with Crippen molar-refractivity contribution in [1.82, 2.24) is 4.57 Å². The molecule has 1 heterocycles. The van der Waals surface area contributed by atoms with Gasteiger partial charge in [0.2, 0.25) is 0 Å². The highest BCUT2D eigenvalue weighted by Gasteiger charge is 2.38. The molecular formula is C15H11ClF5N3O3. The Morgan fingerprint density at radius 1 is 1.26 bits per heavy atom. The minimum absolute atomic E-state index is 0.0428. The predicted octanol–water partition coefficient (Wildman–Crippen LogP) is 2.68. The lowest BCUT2D eigenvalue weighted by molar-refractivity contribution is -0.192. The second-order valence-electron chi connectivity index (χ2n) is 4.93. The Kier molecular flexibility index (Phi) is 7.06. The molecule has 27 heavy (non-hydrogen) atoms. The molecule has 1 aromatic heterocycles. The first-order chi connectivity index (χ1) is 12.3. The van der Waals surface area contributed by atoms with E-state index in [1.165, 1.54) is 29.0 Å². The molecule has 1 aromatic carbocycles. The number of carbonyl (C=O) groups excluding carboxylic acids is 1. The molecule has 0 aliphatic heterocycles. The summed E-state index contributed by atoms with van der Waals surface area (Å²) in [6, 6.07) is 5.00. The van der Waals surface area contributed by atoms with E-state index in [1.807, 2.05) is 0 Å². The first-order valence-electron chi connectivity index (χ1n) is 6.82. The molecule has 2 aromatic rings. The molecule has 6 nitrogen and oxygen atoms in total. The number of aromatic nitrogens is 1. The summed E-state index contributed by atoms with van der Waals surface area (Å²) in [5, 5.41) is 15.1. The third-order valence-electron chi connectivity index (χ3n) is 2.98. The minimum Gasteiger partial charge on any atom is -0.475 e. The van der Waals surface area contributed by atoms with Gasteiger partial charge in [-0.1, -0.05) is 23.7 Å². The fraction of sp³-hybridized carbons (Fsp3) is 0.133. The average molecular weight is 412 g/mol. The smallest absolute Gasteiger partial charge is 0.475 e. The summed E-state index contributed by atoms with van der Waals surface area (Å²) in [7, 11) is 0. The van der Waals surface area contributed by atoms with E-state index >= 15 is 0 Å². The van der Waals surface area contributed by atoms with Crippen LogP contribution in [0, 0.1) is 17.0 Å². The van der Waals surface area contributed by atoms with Crippen molar-refractivity contribution in [2.45, 2.75) is 12.7 Å². The fourth-order valence-corrected chi connectivity index (χ4v) is 2.01. The number of carbonyl (C=O) groups is 2. The van der Waals surface area contributed by atoms with Gasteiger partial charge in [-0.25, -0.2) is 13.6 Å². The number of nitrogens with zero attached hydrogens (tertiary/aromatic N) is 1. The maximum atomic E-state index is 13.6. The first kappa shape index (κ1) is 22.1. The zero-order valence-electron chi connectivity index (χ0n) is 13.1. The van der Waals surface area contributed by atoms with Gasteiger partial charge >= 0.3 is 12.1 Å². The third kappa shape index (κ3) is 6.06. The lowest BCUT2D eigenvalue weighted by Gasteiger charge is -2.11. The molecule has 0 spiro atoms. The van der Waals surface area contributed by atoms with Crippen molar-refractivity contribution in [1.29, 1.82) is 5.41 Å². The highest BCUT2D eigenvalue weighted by Crippen LogP contribution is 2.14. The number of benzene rings is 1. The van der Waals surface area contributed by atoms with Gasteiger partial charge in [0.25, 0.3) is 5.91 Å². The van der Waals surface area contributed by atoms with E-state index in [0.717, 1.165) is 6.07 Å². The molecule has 146 valence electrons. The number of aliphatic carboxylic acids is 1. The largest absolute Gasteiger partial charge is 0.490 e. The van der Waals surface area contributed by atoms with Crippen LogP contribution in [0.25, 0.3) is 0 Å². The minimum atomic E-state index is -5.08. The van der Waals surface area contributed by atoms with Crippen molar-refractivity contribution in [3.05, 3.63) is 63.7 Å². The lowest BCUT2D eigenvalue weighted by Crippen LogP contribution is -2.30. The number of amides is 1. The van der Waals surface area contributed by atoms with E-state index in [1.54, 1.807) is 0 Å². The summed E-state index contributed by atoms with van der Waals surface area (Å²) < 4.78 is 59.7. The number of hydrogen-bond donors (Lipinski definition) is 3. The van der Waals surface area contributed by atoms with E-state index in [4.69, 9.17) is 32.6 Å². The summed E-state index contributed by atoms with van der Waals surface area (Å²) in [6.07, 6.45) is -3.74. The zero-order chi connectivity index (χ0) is 20.9. The second kappa shape index (κ2) is 8.62. The van der Waals surface area contributed by atoms with Gasteiger partial charge < -0.3 is 15.4 Å². The molecule has 4 N–H and O–H groups in total. The molecule has 0 bridgehead atoms. The number of nitrogens with one attached hydrogen (secondary N) is 1. The van der Waals surface area contributed by atoms with Crippen molar-refractivity contribution >= 4 is 23.5 Å². The van der Waals surface area contributed by atoms with Crippen LogP contribution in [0.15, 0.2) is 30.5 Å². The van der Waals surface area contributed by atoms with E-state index in [2.05, 4.69) is 0 Å². The van der Waals surface area contributed by atoms with Crippen molar-refractivity contribution in [2.75, 3.05) is 0 Å². The van der Waals surface area contributed by atoms with Gasteiger partial charge in [0.05, 0.1) is 17.1 Å². The van der Waals surface area contributed by atoms with Gasteiger partial charge in [0.15, 0.2) is 11.6 Å². The molecule has 0 unspecified atom stereocenters. The molecule has 0 fully saturated rings. The van der Waals surface area contributed by atoms with Gasteiger partial charge in [-0.15, -0.1) is 0 Å². The summed E-state index contributed by atoms with van der Waals surface area (Å²) in [6.45, 7) is -0.136. The standard InChI is InChI=1S/C13H10ClF2N3O.C2HF3O2/c14-8-4-9(13(18)20)12(17)19(6-8)5-7-2-1-3-10(15)11(7)16;3-2(4,5)1(6)7/h1-4,6,17H,5H2,(H2,18,20);(H,6,7). The highest BCUT2D eigenvalue weighted by atomic mass is 35.5. The zero-order valence-corrected chi connectivity index (χ0v) is 13.9. The normalized spacial score (nSPS) is 10.7. The lowest BCUT2D eigenvalue weighted by atomic mass is 10.2. The molecule has 0 aliphatic carbocycles. The van der Waals surface area contributed by atoms with Crippen molar-refractivity contribution in [2.24, 2.45) is 5.73 Å². The summed E-state index contributed by atoms with van der Waals surface area (Å²) in [5.41, 5.74) is 4.87. The quantitative estimate of drug-likeness (QED) is 0.675. The number of halogens is 6. The number of nitrogens with two attached hydrogens (primary N) is 1. The Labute approximate surface area is 153 Å². The van der Waals surface area contributed by atoms with Gasteiger partial charge in [0.1, 0.15) is 5.49 Å². The monoisotopic (exact) mass is 411 g/mol. The molecule has 0 saturated heterocycles. The number of pyridine rings is 1. The van der Waals surface area contributed by atoms with Gasteiger partial charge in [-0.05, 0) is 12.1 Å². The molecule has 0 radical (unpaired) electrons. The van der Waals surface area contributed by atoms with E-state index in [0.29, 0.717) is 0 Å². The number of rotatable bonds is 3. The summed E-state index contributed by atoms with van der Waals surface area (Å²) >= 11 is 5.82. The van der Waals surface area contributed by atoms with Crippen LogP contribution in [0.2, 0.25) is 5.02 Å². The third-order valence-corrected chi connectivity index (χ3v) is 3.19. The average Bonchev–Trinajstić information content (AvgIpc) is 2.54. The molecule has 0 aliphatic rings. The Balaban J connectivity index is 0.000000445.